The summed E-state index contributed by atoms with van der Waals surface area (Å²) in [6.07, 6.45) is 2.64. The van der Waals surface area contributed by atoms with Crippen LogP contribution in [0.25, 0.3) is 0 Å². The van der Waals surface area contributed by atoms with Gasteiger partial charge in [0.1, 0.15) is 0 Å². The average Bonchev–Trinajstić information content (AvgIpc) is 3.16. The first-order valence-corrected chi connectivity index (χ1v) is 10.6. The summed E-state index contributed by atoms with van der Waals surface area (Å²) < 4.78 is 0. The number of benzene rings is 2. The second-order valence-corrected chi connectivity index (χ2v) is 8.12. The molecule has 2 aromatic rings. The van der Waals surface area contributed by atoms with Crippen LogP contribution in [0.15, 0.2) is 48.5 Å². The van der Waals surface area contributed by atoms with Crippen molar-refractivity contribution in [1.82, 2.24) is 10.2 Å². The highest BCUT2D eigenvalue weighted by molar-refractivity contribution is 7.99. The zero-order valence-corrected chi connectivity index (χ0v) is 16.5. The Hall–Kier alpha value is -1.49. The third-order valence-corrected chi connectivity index (χ3v) is 5.79. The molecule has 0 bridgehead atoms. The highest BCUT2D eigenvalue weighted by Crippen LogP contribution is 2.16. The van der Waals surface area contributed by atoms with Gasteiger partial charge < -0.3 is 5.32 Å². The Morgan fingerprint density at radius 2 is 1.58 bits per heavy atom. The van der Waals surface area contributed by atoms with Crippen LogP contribution in [0.3, 0.4) is 0 Å². The van der Waals surface area contributed by atoms with Crippen molar-refractivity contribution in [1.29, 1.82) is 0 Å². The van der Waals surface area contributed by atoms with Gasteiger partial charge in [-0.25, -0.2) is 0 Å². The first-order valence-electron chi connectivity index (χ1n) is 9.08. The Kier molecular flexibility index (Phi) is 7.42. The highest BCUT2D eigenvalue weighted by Gasteiger charge is 2.11. The predicted molar refractivity (Wildman–Crippen MR) is 110 cm³/mol. The van der Waals surface area contributed by atoms with Gasteiger partial charge in [0.05, 0.1) is 5.75 Å². The van der Waals surface area contributed by atoms with Gasteiger partial charge in [-0.3, -0.25) is 9.69 Å². The minimum atomic E-state index is 0.0742. The quantitative estimate of drug-likeness (QED) is 0.723. The summed E-state index contributed by atoms with van der Waals surface area (Å²) in [4.78, 5) is 14.5. The lowest BCUT2D eigenvalue weighted by atomic mass is 10.1. The van der Waals surface area contributed by atoms with Gasteiger partial charge in [0.15, 0.2) is 0 Å². The highest BCUT2D eigenvalue weighted by atomic mass is 35.5. The van der Waals surface area contributed by atoms with Crippen molar-refractivity contribution >= 4 is 29.3 Å². The van der Waals surface area contributed by atoms with E-state index in [-0.39, 0.29) is 5.91 Å². The molecule has 0 aromatic heterocycles. The molecule has 3 rings (SSSR count). The molecule has 1 aliphatic rings. The molecule has 1 aliphatic heterocycles. The lowest BCUT2D eigenvalue weighted by Gasteiger charge is -2.14. The molecule has 138 valence electrons. The third kappa shape index (κ3) is 6.35. The molecule has 0 radical (unpaired) electrons. The summed E-state index contributed by atoms with van der Waals surface area (Å²) in [5.74, 6) is 1.36. The molecule has 26 heavy (non-hydrogen) atoms. The normalized spacial score (nSPS) is 14.5. The number of halogens is 1. The Morgan fingerprint density at radius 3 is 2.27 bits per heavy atom. The van der Waals surface area contributed by atoms with E-state index in [4.69, 9.17) is 11.6 Å². The largest absolute Gasteiger partial charge is 0.351 e. The first kappa shape index (κ1) is 19.3. The molecular weight excluding hydrogens is 364 g/mol. The number of carbonyl (C=O) groups excluding carboxylic acids is 1. The second kappa shape index (κ2) is 10.0. The van der Waals surface area contributed by atoms with Gasteiger partial charge in [-0.15, -0.1) is 11.8 Å². The molecular formula is C21H25ClN2OS. The Balaban J connectivity index is 1.35. The molecule has 0 spiro atoms. The van der Waals surface area contributed by atoms with E-state index in [9.17, 15) is 4.79 Å². The molecule has 1 fully saturated rings. The number of carbonyl (C=O) groups is 1. The minimum Gasteiger partial charge on any atom is -0.351 e. The smallest absolute Gasteiger partial charge is 0.230 e. The zero-order chi connectivity index (χ0) is 18.2. The molecule has 1 amide bonds. The number of thioether (sulfide) groups is 1. The van der Waals surface area contributed by atoms with Crippen LogP contribution in [0.5, 0.6) is 0 Å². The monoisotopic (exact) mass is 388 g/mol. The Morgan fingerprint density at radius 1 is 0.962 bits per heavy atom. The molecule has 3 nitrogen and oxygen atoms in total. The van der Waals surface area contributed by atoms with E-state index in [1.165, 1.54) is 37.1 Å². The number of rotatable bonds is 8. The van der Waals surface area contributed by atoms with E-state index in [1.807, 2.05) is 24.3 Å². The van der Waals surface area contributed by atoms with E-state index in [0.717, 1.165) is 22.9 Å². The van der Waals surface area contributed by atoms with E-state index in [0.29, 0.717) is 12.3 Å². The predicted octanol–water partition coefficient (Wildman–Crippen LogP) is 4.49. The summed E-state index contributed by atoms with van der Waals surface area (Å²) in [5, 5.41) is 3.73. The van der Waals surface area contributed by atoms with Crippen molar-refractivity contribution in [3.8, 4) is 0 Å². The van der Waals surface area contributed by atoms with E-state index >= 15 is 0 Å². The van der Waals surface area contributed by atoms with Gasteiger partial charge in [-0.05, 0) is 54.8 Å². The maximum Gasteiger partial charge on any atom is 0.230 e. The van der Waals surface area contributed by atoms with E-state index < -0.39 is 0 Å². The van der Waals surface area contributed by atoms with Crippen LogP contribution in [0.4, 0.5) is 0 Å². The Labute approximate surface area is 165 Å². The van der Waals surface area contributed by atoms with E-state index in [2.05, 4.69) is 34.5 Å². The number of amides is 1. The first-order chi connectivity index (χ1) is 12.7. The molecule has 1 heterocycles. The van der Waals surface area contributed by atoms with Gasteiger partial charge in [-0.1, -0.05) is 48.0 Å². The van der Waals surface area contributed by atoms with Crippen molar-refractivity contribution in [2.45, 2.75) is 31.7 Å². The van der Waals surface area contributed by atoms with Crippen LogP contribution in [0.1, 0.15) is 29.5 Å². The molecule has 2 aromatic carbocycles. The topological polar surface area (TPSA) is 32.3 Å². The molecule has 0 saturated carbocycles. The van der Waals surface area contributed by atoms with Crippen LogP contribution in [0.2, 0.25) is 5.02 Å². The number of nitrogens with zero attached hydrogens (tertiary/aromatic N) is 1. The van der Waals surface area contributed by atoms with Gasteiger partial charge >= 0.3 is 0 Å². The average molecular weight is 389 g/mol. The van der Waals surface area contributed by atoms with Crippen LogP contribution in [0, 0.1) is 0 Å². The maximum atomic E-state index is 12.0. The summed E-state index contributed by atoms with van der Waals surface area (Å²) in [7, 11) is 0. The molecule has 0 unspecified atom stereocenters. The fraction of sp³-hybridized carbons (Fsp3) is 0.381. The molecule has 0 atom stereocenters. The second-order valence-electron chi connectivity index (χ2n) is 6.70. The van der Waals surface area contributed by atoms with Crippen LogP contribution < -0.4 is 5.32 Å². The summed E-state index contributed by atoms with van der Waals surface area (Å²) >= 11 is 7.49. The lowest BCUT2D eigenvalue weighted by Crippen LogP contribution is -2.24. The Bertz CT molecular complexity index is 697. The molecule has 5 heteroatoms. The van der Waals surface area contributed by atoms with Crippen molar-refractivity contribution in [3.05, 3.63) is 70.2 Å². The number of nitrogens with one attached hydrogen (secondary N) is 1. The SMILES string of the molecule is O=C(CSCc1ccc(Cl)cc1)NCc1ccc(CN2CCCC2)cc1. The fourth-order valence-corrected chi connectivity index (χ4v) is 4.00. The summed E-state index contributed by atoms with van der Waals surface area (Å²) in [6.45, 7) is 4.05. The van der Waals surface area contributed by atoms with Gasteiger partial charge in [0.2, 0.25) is 5.91 Å². The van der Waals surface area contributed by atoms with Crippen molar-refractivity contribution in [2.75, 3.05) is 18.8 Å². The van der Waals surface area contributed by atoms with E-state index in [1.54, 1.807) is 11.8 Å². The fourth-order valence-electron chi connectivity index (χ4n) is 3.06. The van der Waals surface area contributed by atoms with Gasteiger partial charge in [-0.2, -0.15) is 0 Å². The van der Waals surface area contributed by atoms with Crippen LogP contribution >= 0.6 is 23.4 Å². The molecule has 1 saturated heterocycles. The summed E-state index contributed by atoms with van der Waals surface area (Å²) in [5.41, 5.74) is 3.67. The van der Waals surface area contributed by atoms with Gasteiger partial charge in [0.25, 0.3) is 0 Å². The minimum absolute atomic E-state index is 0.0742. The lowest BCUT2D eigenvalue weighted by molar-refractivity contribution is -0.118. The van der Waals surface area contributed by atoms with Crippen LogP contribution in [-0.4, -0.2) is 29.6 Å². The number of hydrogen-bond acceptors (Lipinski definition) is 3. The van der Waals surface area contributed by atoms with Crippen molar-refractivity contribution < 1.29 is 4.79 Å². The molecule has 0 aliphatic carbocycles. The van der Waals surface area contributed by atoms with Crippen molar-refractivity contribution in [2.24, 2.45) is 0 Å². The maximum absolute atomic E-state index is 12.0. The molecule has 1 N–H and O–H groups in total. The standard InChI is InChI=1S/C21H25ClN2OS/c22-20-9-7-19(8-10-20)15-26-16-21(25)23-13-17-3-5-18(6-4-17)14-24-11-1-2-12-24/h3-10H,1-2,11-16H2,(H,23,25). The summed E-state index contributed by atoms with van der Waals surface area (Å²) in [6, 6.07) is 16.3. The third-order valence-electron chi connectivity index (χ3n) is 4.53. The zero-order valence-electron chi connectivity index (χ0n) is 14.9. The number of hydrogen-bond donors (Lipinski definition) is 1. The van der Waals surface area contributed by atoms with Gasteiger partial charge in [0, 0.05) is 23.9 Å². The van der Waals surface area contributed by atoms with Crippen LogP contribution in [-0.2, 0) is 23.6 Å². The van der Waals surface area contributed by atoms with Crippen molar-refractivity contribution in [3.63, 3.8) is 0 Å². The number of likely N-dealkylation sites (tertiary alicyclic amines) is 1.